The van der Waals surface area contributed by atoms with Crippen LogP contribution in [-0.4, -0.2) is 37.5 Å². The Labute approximate surface area is 135 Å². The quantitative estimate of drug-likeness (QED) is 0.813. The molecule has 23 heavy (non-hydrogen) atoms. The zero-order valence-electron chi connectivity index (χ0n) is 13.5. The van der Waals surface area contributed by atoms with E-state index in [0.717, 1.165) is 25.1 Å². The second kappa shape index (κ2) is 6.85. The van der Waals surface area contributed by atoms with Gasteiger partial charge in [0.15, 0.2) is 5.82 Å². The molecule has 7 heteroatoms. The second-order valence-electron chi connectivity index (χ2n) is 5.74. The molecule has 122 valence electrons. The maximum absolute atomic E-state index is 12.5. The van der Waals surface area contributed by atoms with Crippen LogP contribution >= 0.6 is 0 Å². The highest BCUT2D eigenvalue weighted by molar-refractivity contribution is 5.93. The van der Waals surface area contributed by atoms with E-state index in [9.17, 15) is 4.79 Å². The van der Waals surface area contributed by atoms with Gasteiger partial charge in [0.05, 0.1) is 12.1 Å². The molecule has 1 amide bonds. The van der Waals surface area contributed by atoms with Crippen molar-refractivity contribution in [3.63, 3.8) is 0 Å². The first-order chi connectivity index (χ1) is 11.2. The standard InChI is InChI=1S/C16H21N5O2/c1-3-13-17-8-12(9-18-13)16(22)21(4-2)10-14-19-15(23-20-14)11-6-5-7-11/h8-9,11H,3-7,10H2,1-2H3. The lowest BCUT2D eigenvalue weighted by Gasteiger charge is -2.20. The summed E-state index contributed by atoms with van der Waals surface area (Å²) in [5.41, 5.74) is 0.478. The molecule has 0 atom stereocenters. The fourth-order valence-electron chi connectivity index (χ4n) is 2.48. The predicted molar refractivity (Wildman–Crippen MR) is 82.7 cm³/mol. The Balaban J connectivity index is 1.68. The molecule has 0 aliphatic heterocycles. The molecule has 2 aromatic rings. The Bertz CT molecular complexity index is 663. The smallest absolute Gasteiger partial charge is 0.257 e. The molecule has 1 aliphatic carbocycles. The zero-order chi connectivity index (χ0) is 16.2. The largest absolute Gasteiger partial charge is 0.339 e. The van der Waals surface area contributed by atoms with Crippen molar-refractivity contribution in [2.75, 3.05) is 6.54 Å². The minimum Gasteiger partial charge on any atom is -0.339 e. The first-order valence-corrected chi connectivity index (χ1v) is 8.14. The highest BCUT2D eigenvalue weighted by atomic mass is 16.5. The number of amides is 1. The average molecular weight is 315 g/mol. The van der Waals surface area contributed by atoms with Crippen LogP contribution in [0.15, 0.2) is 16.9 Å². The van der Waals surface area contributed by atoms with E-state index in [1.807, 2.05) is 13.8 Å². The number of hydrogen-bond acceptors (Lipinski definition) is 6. The highest BCUT2D eigenvalue weighted by Gasteiger charge is 2.26. The van der Waals surface area contributed by atoms with Crippen molar-refractivity contribution in [3.8, 4) is 0 Å². The molecule has 0 radical (unpaired) electrons. The molecule has 0 aromatic carbocycles. The highest BCUT2D eigenvalue weighted by Crippen LogP contribution is 2.35. The van der Waals surface area contributed by atoms with Crippen molar-refractivity contribution in [1.82, 2.24) is 25.0 Å². The van der Waals surface area contributed by atoms with Crippen LogP contribution in [0.3, 0.4) is 0 Å². The number of rotatable bonds is 6. The molecule has 1 aliphatic rings. The van der Waals surface area contributed by atoms with Crippen molar-refractivity contribution in [1.29, 1.82) is 0 Å². The normalized spacial score (nSPS) is 14.5. The molecule has 1 saturated carbocycles. The Hall–Kier alpha value is -2.31. The summed E-state index contributed by atoms with van der Waals surface area (Å²) in [5.74, 6) is 2.26. The molecule has 0 spiro atoms. The molecule has 0 saturated heterocycles. The van der Waals surface area contributed by atoms with Crippen molar-refractivity contribution >= 4 is 5.91 Å². The van der Waals surface area contributed by atoms with Crippen LogP contribution in [0.1, 0.15) is 66.9 Å². The summed E-state index contributed by atoms with van der Waals surface area (Å²) in [6, 6.07) is 0. The maximum Gasteiger partial charge on any atom is 0.257 e. The molecule has 0 bridgehead atoms. The Morgan fingerprint density at radius 2 is 2.00 bits per heavy atom. The van der Waals surface area contributed by atoms with Gasteiger partial charge in [0.1, 0.15) is 5.82 Å². The van der Waals surface area contributed by atoms with Crippen molar-refractivity contribution < 1.29 is 9.32 Å². The minimum atomic E-state index is -0.120. The Morgan fingerprint density at radius 3 is 2.57 bits per heavy atom. The van der Waals surface area contributed by atoms with Gasteiger partial charge in [0.25, 0.3) is 5.91 Å². The molecule has 2 aromatic heterocycles. The van der Waals surface area contributed by atoms with Gasteiger partial charge in [-0.3, -0.25) is 4.79 Å². The van der Waals surface area contributed by atoms with Gasteiger partial charge in [0, 0.05) is 31.3 Å². The van der Waals surface area contributed by atoms with E-state index < -0.39 is 0 Å². The second-order valence-corrected chi connectivity index (χ2v) is 5.74. The summed E-state index contributed by atoms with van der Waals surface area (Å²) < 4.78 is 5.31. The number of nitrogens with zero attached hydrogens (tertiary/aromatic N) is 5. The lowest BCUT2D eigenvalue weighted by Crippen LogP contribution is -2.31. The zero-order valence-corrected chi connectivity index (χ0v) is 13.5. The van der Waals surface area contributed by atoms with E-state index in [1.54, 1.807) is 17.3 Å². The minimum absolute atomic E-state index is 0.120. The Morgan fingerprint density at radius 1 is 1.26 bits per heavy atom. The number of carbonyl (C=O) groups is 1. The van der Waals surface area contributed by atoms with Gasteiger partial charge in [-0.1, -0.05) is 18.5 Å². The summed E-state index contributed by atoms with van der Waals surface area (Å²) in [4.78, 5) is 27.0. The van der Waals surface area contributed by atoms with E-state index >= 15 is 0 Å². The first-order valence-electron chi connectivity index (χ1n) is 8.14. The maximum atomic E-state index is 12.5. The van der Waals surface area contributed by atoms with Crippen LogP contribution in [0.2, 0.25) is 0 Å². The molecule has 0 unspecified atom stereocenters. The number of aryl methyl sites for hydroxylation is 1. The van der Waals surface area contributed by atoms with Gasteiger partial charge in [-0.2, -0.15) is 4.98 Å². The van der Waals surface area contributed by atoms with Crippen LogP contribution in [0.25, 0.3) is 0 Å². The fraction of sp³-hybridized carbons (Fsp3) is 0.562. The molecule has 2 heterocycles. The molecule has 7 nitrogen and oxygen atoms in total. The van der Waals surface area contributed by atoms with Crippen LogP contribution < -0.4 is 0 Å². The number of hydrogen-bond donors (Lipinski definition) is 0. The molecule has 1 fully saturated rings. The van der Waals surface area contributed by atoms with E-state index in [1.165, 1.54) is 6.42 Å². The first kappa shape index (κ1) is 15.6. The van der Waals surface area contributed by atoms with E-state index in [-0.39, 0.29) is 5.91 Å². The fourth-order valence-corrected chi connectivity index (χ4v) is 2.48. The number of aromatic nitrogens is 4. The Kier molecular flexibility index (Phi) is 4.64. The van der Waals surface area contributed by atoms with Crippen LogP contribution in [0.5, 0.6) is 0 Å². The number of carbonyl (C=O) groups excluding carboxylic acids is 1. The third-order valence-corrected chi connectivity index (χ3v) is 4.21. The van der Waals surface area contributed by atoms with Crippen LogP contribution in [0, 0.1) is 0 Å². The summed E-state index contributed by atoms with van der Waals surface area (Å²) in [6.07, 6.45) is 7.34. The van der Waals surface area contributed by atoms with E-state index in [0.29, 0.717) is 36.3 Å². The van der Waals surface area contributed by atoms with Crippen molar-refractivity contribution in [2.24, 2.45) is 0 Å². The van der Waals surface area contributed by atoms with Gasteiger partial charge in [-0.15, -0.1) is 0 Å². The summed E-state index contributed by atoms with van der Waals surface area (Å²) >= 11 is 0. The summed E-state index contributed by atoms with van der Waals surface area (Å²) in [5, 5.41) is 4.00. The summed E-state index contributed by atoms with van der Waals surface area (Å²) in [7, 11) is 0. The van der Waals surface area contributed by atoms with Gasteiger partial charge in [-0.25, -0.2) is 9.97 Å². The lowest BCUT2D eigenvalue weighted by atomic mass is 9.85. The monoisotopic (exact) mass is 315 g/mol. The molecular weight excluding hydrogens is 294 g/mol. The van der Waals surface area contributed by atoms with E-state index in [4.69, 9.17) is 4.52 Å². The van der Waals surface area contributed by atoms with Crippen molar-refractivity contribution in [2.45, 2.75) is 52.0 Å². The summed E-state index contributed by atoms with van der Waals surface area (Å²) in [6.45, 7) is 4.79. The van der Waals surface area contributed by atoms with Crippen LogP contribution in [0.4, 0.5) is 0 Å². The van der Waals surface area contributed by atoms with E-state index in [2.05, 4.69) is 20.1 Å². The lowest BCUT2D eigenvalue weighted by molar-refractivity contribution is 0.0746. The average Bonchev–Trinajstić information content (AvgIpc) is 2.98. The third kappa shape index (κ3) is 3.38. The topological polar surface area (TPSA) is 85.0 Å². The molecular formula is C16H21N5O2. The van der Waals surface area contributed by atoms with Gasteiger partial charge in [-0.05, 0) is 19.8 Å². The van der Waals surface area contributed by atoms with Gasteiger partial charge in [0.2, 0.25) is 5.89 Å². The van der Waals surface area contributed by atoms with Crippen molar-refractivity contribution in [3.05, 3.63) is 35.5 Å². The molecule has 3 rings (SSSR count). The third-order valence-electron chi connectivity index (χ3n) is 4.21. The van der Waals surface area contributed by atoms with Gasteiger partial charge >= 0.3 is 0 Å². The predicted octanol–water partition coefficient (Wildman–Crippen LogP) is 2.35. The van der Waals surface area contributed by atoms with Gasteiger partial charge < -0.3 is 9.42 Å². The van der Waals surface area contributed by atoms with Crippen LogP contribution in [-0.2, 0) is 13.0 Å². The SMILES string of the molecule is CCc1ncc(C(=O)N(CC)Cc2noc(C3CCC3)n2)cn1. The molecule has 0 N–H and O–H groups in total.